The summed E-state index contributed by atoms with van der Waals surface area (Å²) in [7, 11) is 0. The van der Waals surface area contributed by atoms with Gasteiger partial charge in [-0.05, 0) is 24.6 Å². The van der Waals surface area contributed by atoms with Gasteiger partial charge in [-0.3, -0.25) is 4.79 Å². The minimum Gasteiger partial charge on any atom is -0.385 e. The molecule has 94 valence electrons. The standard InChI is InChI=1S/C11H11F3O3/c1-6(15)9(16)10(17)7-2-4-8(5-3-7)11(12,13)14/h2-5,9-10,16-17H,1H3/t9-,10-/m1/s1. The summed E-state index contributed by atoms with van der Waals surface area (Å²) in [5, 5.41) is 18.8. The third-order valence-electron chi connectivity index (χ3n) is 2.30. The molecule has 1 aromatic carbocycles. The maximum Gasteiger partial charge on any atom is 0.416 e. The van der Waals surface area contributed by atoms with E-state index in [0.717, 1.165) is 31.2 Å². The average molecular weight is 248 g/mol. The first-order chi connectivity index (χ1) is 7.73. The molecule has 0 bridgehead atoms. The lowest BCUT2D eigenvalue weighted by Gasteiger charge is -2.16. The predicted octanol–water partition coefficient (Wildman–Crippen LogP) is 1.69. The molecule has 0 aromatic heterocycles. The second-order valence-corrected chi connectivity index (χ2v) is 3.62. The van der Waals surface area contributed by atoms with Crippen molar-refractivity contribution in [3.05, 3.63) is 35.4 Å². The van der Waals surface area contributed by atoms with E-state index in [4.69, 9.17) is 0 Å². The van der Waals surface area contributed by atoms with Crippen LogP contribution in [0.5, 0.6) is 0 Å². The van der Waals surface area contributed by atoms with E-state index < -0.39 is 29.7 Å². The van der Waals surface area contributed by atoms with E-state index in [2.05, 4.69) is 0 Å². The van der Waals surface area contributed by atoms with Gasteiger partial charge in [-0.1, -0.05) is 12.1 Å². The van der Waals surface area contributed by atoms with Crippen molar-refractivity contribution in [1.82, 2.24) is 0 Å². The van der Waals surface area contributed by atoms with E-state index in [1.807, 2.05) is 0 Å². The van der Waals surface area contributed by atoms with Crippen LogP contribution >= 0.6 is 0 Å². The Morgan fingerprint density at radius 3 is 2.00 bits per heavy atom. The molecule has 1 aromatic rings. The third kappa shape index (κ3) is 3.28. The van der Waals surface area contributed by atoms with Crippen molar-refractivity contribution in [1.29, 1.82) is 0 Å². The first-order valence-corrected chi connectivity index (χ1v) is 4.77. The molecule has 0 saturated carbocycles. The zero-order valence-electron chi connectivity index (χ0n) is 8.90. The van der Waals surface area contributed by atoms with Crippen LogP contribution in [0.25, 0.3) is 0 Å². The fraction of sp³-hybridized carbons (Fsp3) is 0.364. The van der Waals surface area contributed by atoms with Gasteiger partial charge in [-0.15, -0.1) is 0 Å². The maximum atomic E-state index is 12.2. The van der Waals surface area contributed by atoms with Gasteiger partial charge in [0.15, 0.2) is 5.78 Å². The summed E-state index contributed by atoms with van der Waals surface area (Å²) in [5.74, 6) is -0.655. The zero-order valence-corrected chi connectivity index (χ0v) is 8.90. The number of ketones is 1. The molecule has 0 aliphatic rings. The highest BCUT2D eigenvalue weighted by Crippen LogP contribution is 2.30. The topological polar surface area (TPSA) is 57.5 Å². The van der Waals surface area contributed by atoms with Crippen LogP contribution in [0.3, 0.4) is 0 Å². The third-order valence-corrected chi connectivity index (χ3v) is 2.30. The molecule has 0 amide bonds. The highest BCUT2D eigenvalue weighted by molar-refractivity contribution is 5.80. The molecule has 3 nitrogen and oxygen atoms in total. The van der Waals surface area contributed by atoms with Gasteiger partial charge in [-0.25, -0.2) is 0 Å². The van der Waals surface area contributed by atoms with E-state index in [1.54, 1.807) is 0 Å². The number of hydrogen-bond acceptors (Lipinski definition) is 3. The first kappa shape index (κ1) is 13.7. The maximum absolute atomic E-state index is 12.2. The highest BCUT2D eigenvalue weighted by Gasteiger charge is 2.30. The summed E-state index contributed by atoms with van der Waals surface area (Å²) in [5.41, 5.74) is -0.800. The number of aliphatic hydroxyl groups is 2. The predicted molar refractivity (Wildman–Crippen MR) is 53.1 cm³/mol. The lowest BCUT2D eigenvalue weighted by Crippen LogP contribution is -2.25. The summed E-state index contributed by atoms with van der Waals surface area (Å²) in [6.45, 7) is 1.08. The van der Waals surface area contributed by atoms with Gasteiger partial charge in [0.05, 0.1) is 5.56 Å². The van der Waals surface area contributed by atoms with Gasteiger partial charge in [0.1, 0.15) is 12.2 Å². The highest BCUT2D eigenvalue weighted by atomic mass is 19.4. The number of Topliss-reactive ketones (excluding diaryl/α,β-unsaturated/α-hetero) is 1. The SMILES string of the molecule is CC(=O)[C@@H](O)[C@H](O)c1ccc(C(F)(F)F)cc1. The number of hydrogen-bond donors (Lipinski definition) is 2. The Bertz CT molecular complexity index is 397. The lowest BCUT2D eigenvalue weighted by atomic mass is 10.0. The molecule has 0 unspecified atom stereocenters. The molecule has 2 N–H and O–H groups in total. The summed E-state index contributed by atoms with van der Waals surface area (Å²) >= 11 is 0. The summed E-state index contributed by atoms with van der Waals surface area (Å²) in [6, 6.07) is 3.62. The number of halogens is 3. The zero-order chi connectivity index (χ0) is 13.2. The molecule has 2 atom stereocenters. The van der Waals surface area contributed by atoms with Crippen molar-refractivity contribution in [3.8, 4) is 0 Å². The number of alkyl halides is 3. The molecule has 0 radical (unpaired) electrons. The second kappa shape index (κ2) is 4.85. The number of rotatable bonds is 3. The molecular formula is C11H11F3O3. The molecule has 0 aliphatic carbocycles. The molecule has 0 fully saturated rings. The van der Waals surface area contributed by atoms with Crippen molar-refractivity contribution in [2.45, 2.75) is 25.3 Å². The van der Waals surface area contributed by atoms with Crippen LogP contribution in [-0.2, 0) is 11.0 Å². The molecule has 0 heterocycles. The van der Waals surface area contributed by atoms with Crippen LogP contribution in [0.15, 0.2) is 24.3 Å². The lowest BCUT2D eigenvalue weighted by molar-refractivity contribution is -0.137. The molecule has 0 aliphatic heterocycles. The van der Waals surface area contributed by atoms with Crippen molar-refractivity contribution in [2.75, 3.05) is 0 Å². The smallest absolute Gasteiger partial charge is 0.385 e. The monoisotopic (exact) mass is 248 g/mol. The van der Waals surface area contributed by atoms with E-state index in [0.29, 0.717) is 0 Å². The fourth-order valence-corrected chi connectivity index (χ4v) is 1.27. The van der Waals surface area contributed by atoms with Crippen molar-refractivity contribution in [3.63, 3.8) is 0 Å². The van der Waals surface area contributed by atoms with Crippen molar-refractivity contribution in [2.24, 2.45) is 0 Å². The van der Waals surface area contributed by atoms with Crippen LogP contribution < -0.4 is 0 Å². The number of benzene rings is 1. The van der Waals surface area contributed by atoms with E-state index in [-0.39, 0.29) is 5.56 Å². The molecule has 0 saturated heterocycles. The van der Waals surface area contributed by atoms with Gasteiger partial charge in [-0.2, -0.15) is 13.2 Å². The Morgan fingerprint density at radius 2 is 1.65 bits per heavy atom. The molecular weight excluding hydrogens is 237 g/mol. The van der Waals surface area contributed by atoms with Crippen LogP contribution in [0, 0.1) is 0 Å². The van der Waals surface area contributed by atoms with Gasteiger partial charge < -0.3 is 10.2 Å². The number of carbonyl (C=O) groups is 1. The van der Waals surface area contributed by atoms with E-state index in [9.17, 15) is 28.2 Å². The number of aliphatic hydroxyl groups excluding tert-OH is 2. The Labute approximate surface area is 95.5 Å². The Hall–Kier alpha value is -1.40. The van der Waals surface area contributed by atoms with E-state index in [1.165, 1.54) is 0 Å². The Kier molecular flexibility index (Phi) is 3.90. The summed E-state index contributed by atoms with van der Waals surface area (Å²) in [4.78, 5) is 10.8. The van der Waals surface area contributed by atoms with Crippen molar-refractivity contribution < 1.29 is 28.2 Å². The number of carbonyl (C=O) groups excluding carboxylic acids is 1. The average Bonchev–Trinajstić information content (AvgIpc) is 2.26. The van der Waals surface area contributed by atoms with Gasteiger partial charge in [0.2, 0.25) is 0 Å². The Morgan fingerprint density at radius 1 is 1.18 bits per heavy atom. The molecule has 17 heavy (non-hydrogen) atoms. The summed E-state index contributed by atoms with van der Waals surface area (Å²) < 4.78 is 36.7. The van der Waals surface area contributed by atoms with Crippen LogP contribution in [0.2, 0.25) is 0 Å². The Balaban J connectivity index is 2.92. The molecule has 6 heteroatoms. The van der Waals surface area contributed by atoms with Gasteiger partial charge in [0.25, 0.3) is 0 Å². The fourth-order valence-electron chi connectivity index (χ4n) is 1.27. The van der Waals surface area contributed by atoms with Crippen LogP contribution in [0.4, 0.5) is 13.2 Å². The van der Waals surface area contributed by atoms with Gasteiger partial charge >= 0.3 is 6.18 Å². The minimum absolute atomic E-state index is 0.0562. The van der Waals surface area contributed by atoms with Gasteiger partial charge in [0, 0.05) is 0 Å². The molecule has 0 spiro atoms. The largest absolute Gasteiger partial charge is 0.416 e. The van der Waals surface area contributed by atoms with Crippen LogP contribution in [0.1, 0.15) is 24.2 Å². The van der Waals surface area contributed by atoms with Crippen molar-refractivity contribution >= 4 is 5.78 Å². The second-order valence-electron chi connectivity index (χ2n) is 3.62. The van der Waals surface area contributed by atoms with E-state index >= 15 is 0 Å². The van der Waals surface area contributed by atoms with Crippen LogP contribution in [-0.4, -0.2) is 22.1 Å². The minimum atomic E-state index is -4.46. The first-order valence-electron chi connectivity index (χ1n) is 4.77. The normalized spacial score (nSPS) is 15.4. The quantitative estimate of drug-likeness (QED) is 0.855. The summed E-state index contributed by atoms with van der Waals surface area (Å²) in [6.07, 6.45) is -7.61. The molecule has 1 rings (SSSR count).